The third-order valence-corrected chi connectivity index (χ3v) is 3.49. The molecule has 0 aromatic heterocycles. The lowest BCUT2D eigenvalue weighted by atomic mass is 10.0. The maximum Gasteiger partial charge on any atom is 0.139 e. The van der Waals surface area contributed by atoms with Crippen molar-refractivity contribution in [2.24, 2.45) is 5.73 Å². The monoisotopic (exact) mass is 261 g/mol. The summed E-state index contributed by atoms with van der Waals surface area (Å²) in [5.74, 6) is 0.797. The minimum atomic E-state index is 0.0670. The van der Waals surface area contributed by atoms with E-state index < -0.39 is 0 Å². The number of benzene rings is 1. The second kappa shape index (κ2) is 3.48. The molecule has 1 aliphatic heterocycles. The molecular formula is C9H9BrClNO. The molecule has 0 saturated carbocycles. The van der Waals surface area contributed by atoms with Gasteiger partial charge in [-0.25, -0.2) is 0 Å². The molecule has 0 bridgehead atoms. The standard InChI is InChI=1S/C9H9BrClNO/c10-8-6(11)2-1-5-7(12)3-4-13-9(5)8/h1-2,7H,3-4,12H2/t7-/m0/s1. The summed E-state index contributed by atoms with van der Waals surface area (Å²) < 4.78 is 6.30. The van der Waals surface area contributed by atoms with E-state index in [-0.39, 0.29) is 6.04 Å². The van der Waals surface area contributed by atoms with E-state index >= 15 is 0 Å². The SMILES string of the molecule is N[C@H]1CCOc2c1ccc(Cl)c2Br. The molecular weight excluding hydrogens is 253 g/mol. The largest absolute Gasteiger partial charge is 0.492 e. The lowest BCUT2D eigenvalue weighted by Crippen LogP contribution is -2.20. The summed E-state index contributed by atoms with van der Waals surface area (Å²) in [6, 6.07) is 3.82. The maximum atomic E-state index is 5.93. The van der Waals surface area contributed by atoms with Gasteiger partial charge in [-0.15, -0.1) is 0 Å². The van der Waals surface area contributed by atoms with Gasteiger partial charge in [0, 0.05) is 18.0 Å². The fourth-order valence-electron chi connectivity index (χ4n) is 1.43. The second-order valence-corrected chi connectivity index (χ2v) is 4.22. The molecule has 0 saturated heterocycles. The highest BCUT2D eigenvalue weighted by Gasteiger charge is 2.21. The Morgan fingerprint density at radius 3 is 3.08 bits per heavy atom. The number of ether oxygens (including phenoxy) is 1. The van der Waals surface area contributed by atoms with Crippen molar-refractivity contribution >= 4 is 27.5 Å². The number of hydrogen-bond acceptors (Lipinski definition) is 2. The summed E-state index contributed by atoms with van der Waals surface area (Å²) in [6.45, 7) is 0.660. The maximum absolute atomic E-state index is 5.93. The first kappa shape index (κ1) is 9.31. The molecule has 1 aromatic carbocycles. The molecule has 2 nitrogen and oxygen atoms in total. The highest BCUT2D eigenvalue weighted by Crippen LogP contribution is 2.40. The predicted octanol–water partition coefficient (Wildman–Crippen LogP) is 2.88. The summed E-state index contributed by atoms with van der Waals surface area (Å²) in [5, 5.41) is 0.660. The summed E-state index contributed by atoms with van der Waals surface area (Å²) >= 11 is 9.31. The van der Waals surface area contributed by atoms with Gasteiger partial charge in [-0.3, -0.25) is 0 Å². The summed E-state index contributed by atoms with van der Waals surface area (Å²) in [4.78, 5) is 0. The summed E-state index contributed by atoms with van der Waals surface area (Å²) in [5.41, 5.74) is 6.95. The first-order valence-electron chi connectivity index (χ1n) is 4.06. The van der Waals surface area contributed by atoms with E-state index in [0.717, 1.165) is 22.2 Å². The van der Waals surface area contributed by atoms with E-state index in [9.17, 15) is 0 Å². The molecule has 0 radical (unpaired) electrons. The van der Waals surface area contributed by atoms with Gasteiger partial charge < -0.3 is 10.5 Å². The van der Waals surface area contributed by atoms with Crippen molar-refractivity contribution in [2.45, 2.75) is 12.5 Å². The van der Waals surface area contributed by atoms with Crippen molar-refractivity contribution in [3.8, 4) is 5.75 Å². The van der Waals surface area contributed by atoms with Crippen molar-refractivity contribution < 1.29 is 4.74 Å². The molecule has 0 fully saturated rings. The number of nitrogens with two attached hydrogens (primary N) is 1. The Morgan fingerprint density at radius 2 is 2.31 bits per heavy atom. The van der Waals surface area contributed by atoms with Crippen LogP contribution in [-0.4, -0.2) is 6.61 Å². The zero-order chi connectivity index (χ0) is 9.42. The van der Waals surface area contributed by atoms with Crippen LogP contribution in [0.2, 0.25) is 5.02 Å². The molecule has 0 amide bonds. The molecule has 2 N–H and O–H groups in total. The summed E-state index contributed by atoms with van der Waals surface area (Å²) in [7, 11) is 0. The Balaban J connectivity index is 2.56. The van der Waals surface area contributed by atoms with Gasteiger partial charge in [-0.05, 0) is 22.0 Å². The van der Waals surface area contributed by atoms with Crippen LogP contribution >= 0.6 is 27.5 Å². The molecule has 0 unspecified atom stereocenters. The Bertz CT molecular complexity index is 343. The second-order valence-electron chi connectivity index (χ2n) is 3.02. The van der Waals surface area contributed by atoms with Crippen molar-refractivity contribution in [1.82, 2.24) is 0 Å². The van der Waals surface area contributed by atoms with Gasteiger partial charge in [-0.1, -0.05) is 17.7 Å². The highest BCUT2D eigenvalue weighted by molar-refractivity contribution is 9.10. The van der Waals surface area contributed by atoms with Crippen LogP contribution in [0.5, 0.6) is 5.75 Å². The van der Waals surface area contributed by atoms with Crippen LogP contribution in [-0.2, 0) is 0 Å². The lowest BCUT2D eigenvalue weighted by Gasteiger charge is -2.24. The Kier molecular flexibility index (Phi) is 2.49. The fourth-order valence-corrected chi connectivity index (χ4v) is 2.05. The molecule has 0 aliphatic carbocycles. The summed E-state index contributed by atoms with van der Waals surface area (Å²) in [6.07, 6.45) is 0.862. The lowest BCUT2D eigenvalue weighted by molar-refractivity contribution is 0.267. The minimum Gasteiger partial charge on any atom is -0.492 e. The fraction of sp³-hybridized carbons (Fsp3) is 0.333. The molecule has 13 heavy (non-hydrogen) atoms. The molecule has 1 atom stereocenters. The minimum absolute atomic E-state index is 0.0670. The van der Waals surface area contributed by atoms with Crippen LogP contribution in [0.3, 0.4) is 0 Å². The quantitative estimate of drug-likeness (QED) is 0.780. The van der Waals surface area contributed by atoms with Gasteiger partial charge in [0.05, 0.1) is 16.1 Å². The molecule has 2 rings (SSSR count). The van der Waals surface area contributed by atoms with Crippen LogP contribution in [0.25, 0.3) is 0 Å². The topological polar surface area (TPSA) is 35.2 Å². The van der Waals surface area contributed by atoms with Crippen LogP contribution in [0.4, 0.5) is 0 Å². The van der Waals surface area contributed by atoms with Crippen molar-refractivity contribution in [3.05, 3.63) is 27.2 Å². The third-order valence-electron chi connectivity index (χ3n) is 2.16. The van der Waals surface area contributed by atoms with Crippen LogP contribution < -0.4 is 10.5 Å². The van der Waals surface area contributed by atoms with E-state index in [0.29, 0.717) is 11.6 Å². The number of hydrogen-bond donors (Lipinski definition) is 1. The Labute approximate surface area is 90.1 Å². The Morgan fingerprint density at radius 1 is 1.54 bits per heavy atom. The van der Waals surface area contributed by atoms with Crippen molar-refractivity contribution in [3.63, 3.8) is 0 Å². The van der Waals surface area contributed by atoms with Gasteiger partial charge in [0.2, 0.25) is 0 Å². The van der Waals surface area contributed by atoms with E-state index in [1.54, 1.807) is 0 Å². The van der Waals surface area contributed by atoms with Gasteiger partial charge in [0.1, 0.15) is 5.75 Å². The van der Waals surface area contributed by atoms with Gasteiger partial charge in [0.25, 0.3) is 0 Å². The normalized spacial score (nSPS) is 20.7. The zero-order valence-electron chi connectivity index (χ0n) is 6.89. The number of halogens is 2. The van der Waals surface area contributed by atoms with Gasteiger partial charge in [0.15, 0.2) is 0 Å². The number of rotatable bonds is 0. The number of fused-ring (bicyclic) bond motifs is 1. The Hall–Kier alpha value is -0.250. The highest BCUT2D eigenvalue weighted by atomic mass is 79.9. The van der Waals surface area contributed by atoms with Crippen molar-refractivity contribution in [1.29, 1.82) is 0 Å². The molecule has 1 heterocycles. The van der Waals surface area contributed by atoms with E-state index in [1.165, 1.54) is 0 Å². The molecule has 1 aromatic rings. The first-order valence-corrected chi connectivity index (χ1v) is 5.23. The average molecular weight is 263 g/mol. The predicted molar refractivity (Wildman–Crippen MR) is 56.2 cm³/mol. The third kappa shape index (κ3) is 1.56. The zero-order valence-corrected chi connectivity index (χ0v) is 9.23. The first-order chi connectivity index (χ1) is 6.20. The molecule has 4 heteroatoms. The molecule has 0 spiro atoms. The van der Waals surface area contributed by atoms with Gasteiger partial charge in [-0.2, -0.15) is 0 Å². The van der Waals surface area contributed by atoms with Crippen LogP contribution in [0.15, 0.2) is 16.6 Å². The smallest absolute Gasteiger partial charge is 0.139 e. The molecule has 70 valence electrons. The van der Waals surface area contributed by atoms with E-state index in [2.05, 4.69) is 15.9 Å². The van der Waals surface area contributed by atoms with Crippen molar-refractivity contribution in [2.75, 3.05) is 6.61 Å². The average Bonchev–Trinajstić information content (AvgIpc) is 2.12. The molecule has 1 aliphatic rings. The van der Waals surface area contributed by atoms with Gasteiger partial charge >= 0.3 is 0 Å². The van der Waals surface area contributed by atoms with Crippen LogP contribution in [0, 0.1) is 0 Å². The van der Waals surface area contributed by atoms with E-state index in [1.807, 2.05) is 12.1 Å². The van der Waals surface area contributed by atoms with Crippen LogP contribution in [0.1, 0.15) is 18.0 Å². The van der Waals surface area contributed by atoms with E-state index in [4.69, 9.17) is 22.1 Å².